The van der Waals surface area contributed by atoms with Crippen LogP contribution in [0.3, 0.4) is 0 Å². The third-order valence-corrected chi connectivity index (χ3v) is 1.57. The van der Waals surface area contributed by atoms with E-state index in [-0.39, 0.29) is 5.91 Å². The topological polar surface area (TPSA) is 81.2 Å². The summed E-state index contributed by atoms with van der Waals surface area (Å²) in [6.45, 7) is 3.97. The summed E-state index contributed by atoms with van der Waals surface area (Å²) in [5.74, 6) is 0.544. The Balaban J connectivity index is 2.29. The average molecular weight is 197 g/mol. The largest absolute Gasteiger partial charge is 0.360 e. The van der Waals surface area contributed by atoms with E-state index in [1.807, 2.05) is 0 Å². The summed E-state index contributed by atoms with van der Waals surface area (Å²) in [7, 11) is 0. The molecule has 0 aliphatic rings. The molecule has 1 aromatic rings. The molecule has 0 aliphatic heterocycles. The van der Waals surface area contributed by atoms with Gasteiger partial charge in [-0.3, -0.25) is 4.79 Å². The van der Waals surface area contributed by atoms with Gasteiger partial charge in [-0.15, -0.1) is 0 Å². The maximum absolute atomic E-state index is 11.3. The maximum Gasteiger partial charge on any atom is 0.222 e. The summed E-state index contributed by atoms with van der Waals surface area (Å²) in [5, 5.41) is 6.21. The van der Waals surface area contributed by atoms with Crippen LogP contribution in [-0.4, -0.2) is 16.6 Å². The van der Waals surface area contributed by atoms with Crippen molar-refractivity contribution in [3.05, 3.63) is 18.0 Å². The summed E-state index contributed by atoms with van der Waals surface area (Å²) in [5.41, 5.74) is 5.21. The third-order valence-electron chi connectivity index (χ3n) is 1.57. The number of hydrogen-bond acceptors (Lipinski definition) is 4. The number of nitrogens with two attached hydrogens (primary N) is 1. The first-order valence-corrected chi connectivity index (χ1v) is 4.42. The third kappa shape index (κ3) is 4.04. The zero-order valence-electron chi connectivity index (χ0n) is 8.41. The Bertz CT molecular complexity index is 288. The van der Waals surface area contributed by atoms with Gasteiger partial charge in [-0.2, -0.15) is 0 Å². The van der Waals surface area contributed by atoms with Crippen molar-refractivity contribution in [2.45, 2.75) is 32.4 Å². The van der Waals surface area contributed by atoms with Crippen LogP contribution >= 0.6 is 0 Å². The number of carbonyl (C=O) groups is 1. The van der Waals surface area contributed by atoms with E-state index < -0.39 is 5.54 Å². The minimum absolute atomic E-state index is 0.0890. The summed E-state index contributed by atoms with van der Waals surface area (Å²) >= 11 is 0. The lowest BCUT2D eigenvalue weighted by molar-refractivity contribution is -0.122. The Hall–Kier alpha value is -1.36. The normalized spacial score (nSPS) is 11.4. The van der Waals surface area contributed by atoms with E-state index in [0.717, 1.165) is 0 Å². The van der Waals surface area contributed by atoms with E-state index >= 15 is 0 Å². The van der Waals surface area contributed by atoms with Gasteiger partial charge in [0.15, 0.2) is 5.76 Å². The van der Waals surface area contributed by atoms with Crippen molar-refractivity contribution in [2.75, 3.05) is 0 Å². The Morgan fingerprint density at radius 2 is 2.43 bits per heavy atom. The van der Waals surface area contributed by atoms with Gasteiger partial charge in [-0.1, -0.05) is 5.16 Å². The monoisotopic (exact) mass is 197 g/mol. The lowest BCUT2D eigenvalue weighted by Crippen LogP contribution is -2.38. The summed E-state index contributed by atoms with van der Waals surface area (Å²) in [4.78, 5) is 11.3. The molecule has 78 valence electrons. The van der Waals surface area contributed by atoms with E-state index in [1.54, 1.807) is 19.9 Å². The molecule has 5 nitrogen and oxygen atoms in total. The first-order chi connectivity index (χ1) is 6.47. The molecule has 1 amide bonds. The van der Waals surface area contributed by atoms with Crippen molar-refractivity contribution in [1.82, 2.24) is 10.5 Å². The molecule has 0 saturated heterocycles. The average Bonchev–Trinajstić information content (AvgIpc) is 2.49. The molecule has 14 heavy (non-hydrogen) atoms. The van der Waals surface area contributed by atoms with Crippen molar-refractivity contribution in [1.29, 1.82) is 0 Å². The summed E-state index contributed by atoms with van der Waals surface area (Å²) < 4.78 is 4.82. The van der Waals surface area contributed by atoms with Crippen LogP contribution in [0.15, 0.2) is 16.8 Å². The van der Waals surface area contributed by atoms with Crippen molar-refractivity contribution in [2.24, 2.45) is 5.73 Å². The SMILES string of the molecule is CC(C)(N)CC(=O)NCc1ccno1. The van der Waals surface area contributed by atoms with Gasteiger partial charge in [-0.25, -0.2) is 0 Å². The molecular weight excluding hydrogens is 182 g/mol. The predicted octanol–water partition coefficient (Wildman–Crippen LogP) is 0.418. The molecule has 0 unspecified atom stereocenters. The van der Waals surface area contributed by atoms with Crippen LogP contribution < -0.4 is 11.1 Å². The molecule has 1 rings (SSSR count). The van der Waals surface area contributed by atoms with E-state index in [0.29, 0.717) is 18.7 Å². The summed E-state index contributed by atoms with van der Waals surface area (Å²) in [6, 6.07) is 1.70. The Kier molecular flexibility index (Phi) is 3.24. The Labute approximate surface area is 82.6 Å². The molecule has 0 spiro atoms. The van der Waals surface area contributed by atoms with Crippen LogP contribution in [0.2, 0.25) is 0 Å². The molecule has 0 fully saturated rings. The smallest absolute Gasteiger partial charge is 0.222 e. The Morgan fingerprint density at radius 3 is 2.93 bits per heavy atom. The van der Waals surface area contributed by atoms with Crippen molar-refractivity contribution >= 4 is 5.91 Å². The lowest BCUT2D eigenvalue weighted by Gasteiger charge is -2.16. The predicted molar refractivity (Wildman–Crippen MR) is 51.2 cm³/mol. The first kappa shape index (κ1) is 10.7. The molecule has 0 aliphatic carbocycles. The first-order valence-electron chi connectivity index (χ1n) is 4.42. The second-order valence-corrected chi connectivity index (χ2v) is 3.92. The van der Waals surface area contributed by atoms with Crippen LogP contribution in [0, 0.1) is 0 Å². The van der Waals surface area contributed by atoms with Crippen LogP contribution in [0.4, 0.5) is 0 Å². The minimum Gasteiger partial charge on any atom is -0.360 e. The fourth-order valence-electron chi connectivity index (χ4n) is 0.995. The highest BCUT2D eigenvalue weighted by atomic mass is 16.5. The highest BCUT2D eigenvalue weighted by Gasteiger charge is 2.16. The summed E-state index contributed by atoms with van der Waals surface area (Å²) in [6.07, 6.45) is 1.83. The molecule has 5 heteroatoms. The van der Waals surface area contributed by atoms with Gasteiger partial charge in [0.05, 0.1) is 12.7 Å². The van der Waals surface area contributed by atoms with Crippen LogP contribution in [0.1, 0.15) is 26.0 Å². The number of nitrogens with zero attached hydrogens (tertiary/aromatic N) is 1. The van der Waals surface area contributed by atoms with E-state index in [4.69, 9.17) is 10.3 Å². The van der Waals surface area contributed by atoms with Gasteiger partial charge in [-0.05, 0) is 13.8 Å². The molecule has 0 saturated carbocycles. The van der Waals surface area contributed by atoms with Gasteiger partial charge >= 0.3 is 0 Å². The second kappa shape index (κ2) is 4.23. The molecule has 1 aromatic heterocycles. The van der Waals surface area contributed by atoms with E-state index in [2.05, 4.69) is 10.5 Å². The molecule has 0 atom stereocenters. The van der Waals surface area contributed by atoms with Gasteiger partial charge in [0, 0.05) is 18.0 Å². The fourth-order valence-corrected chi connectivity index (χ4v) is 0.995. The zero-order chi connectivity index (χ0) is 10.6. The number of rotatable bonds is 4. The fraction of sp³-hybridized carbons (Fsp3) is 0.556. The number of nitrogens with one attached hydrogen (secondary N) is 1. The van der Waals surface area contributed by atoms with Crippen LogP contribution in [0.25, 0.3) is 0 Å². The Morgan fingerprint density at radius 1 is 1.71 bits per heavy atom. The van der Waals surface area contributed by atoms with Crippen molar-refractivity contribution in [3.8, 4) is 0 Å². The molecule has 1 heterocycles. The quantitative estimate of drug-likeness (QED) is 0.732. The maximum atomic E-state index is 11.3. The highest BCUT2D eigenvalue weighted by molar-refractivity contribution is 5.76. The van der Waals surface area contributed by atoms with Crippen LogP contribution in [-0.2, 0) is 11.3 Å². The lowest BCUT2D eigenvalue weighted by atomic mass is 10.0. The molecule has 0 aromatic carbocycles. The van der Waals surface area contributed by atoms with Gasteiger partial charge in [0.2, 0.25) is 5.91 Å². The van der Waals surface area contributed by atoms with Gasteiger partial charge < -0.3 is 15.6 Å². The number of aromatic nitrogens is 1. The van der Waals surface area contributed by atoms with Crippen molar-refractivity contribution < 1.29 is 9.32 Å². The molecular formula is C9H15N3O2. The minimum atomic E-state index is -0.481. The van der Waals surface area contributed by atoms with E-state index in [9.17, 15) is 4.79 Å². The standard InChI is InChI=1S/C9H15N3O2/c1-9(2,10)5-8(13)11-6-7-3-4-12-14-7/h3-4H,5-6,10H2,1-2H3,(H,11,13). The zero-order valence-corrected chi connectivity index (χ0v) is 8.41. The van der Waals surface area contributed by atoms with Crippen molar-refractivity contribution in [3.63, 3.8) is 0 Å². The number of amides is 1. The number of carbonyl (C=O) groups excluding carboxylic acids is 1. The highest BCUT2D eigenvalue weighted by Crippen LogP contribution is 2.03. The molecule has 0 radical (unpaired) electrons. The molecule has 0 bridgehead atoms. The van der Waals surface area contributed by atoms with Crippen LogP contribution in [0.5, 0.6) is 0 Å². The van der Waals surface area contributed by atoms with Gasteiger partial charge in [0.1, 0.15) is 0 Å². The van der Waals surface area contributed by atoms with Gasteiger partial charge in [0.25, 0.3) is 0 Å². The number of hydrogen-bond donors (Lipinski definition) is 2. The molecule has 3 N–H and O–H groups in total. The van der Waals surface area contributed by atoms with E-state index in [1.165, 1.54) is 6.20 Å². The second-order valence-electron chi connectivity index (χ2n) is 3.92.